The van der Waals surface area contributed by atoms with E-state index in [2.05, 4.69) is 10.4 Å². The average Bonchev–Trinajstić information content (AvgIpc) is 2.69. The fourth-order valence-corrected chi connectivity index (χ4v) is 3.00. The topological polar surface area (TPSA) is 73.2 Å². The zero-order valence-corrected chi connectivity index (χ0v) is 16.5. The number of halogens is 2. The number of aromatic nitrogens is 2. The van der Waals surface area contributed by atoms with E-state index >= 15 is 0 Å². The van der Waals surface area contributed by atoms with E-state index in [1.807, 2.05) is 12.1 Å². The van der Waals surface area contributed by atoms with Gasteiger partial charge >= 0.3 is 0 Å². The van der Waals surface area contributed by atoms with Crippen LogP contribution in [0.15, 0.2) is 59.4 Å². The maximum atomic E-state index is 12.3. The lowest BCUT2D eigenvalue weighted by Crippen LogP contribution is -2.33. The molecule has 3 aromatic rings. The number of benzene rings is 2. The van der Waals surface area contributed by atoms with Gasteiger partial charge < -0.3 is 10.1 Å². The van der Waals surface area contributed by atoms with Crippen molar-refractivity contribution in [2.45, 2.75) is 13.1 Å². The Morgan fingerprint density at radius 3 is 2.54 bits per heavy atom. The number of carbonyl (C=O) groups excluding carboxylic acids is 1. The third-order valence-corrected chi connectivity index (χ3v) is 4.62. The second kappa shape index (κ2) is 8.91. The summed E-state index contributed by atoms with van der Waals surface area (Å²) in [7, 11) is 1.59. The maximum absolute atomic E-state index is 12.3. The Kier molecular flexibility index (Phi) is 6.34. The lowest BCUT2D eigenvalue weighted by atomic mass is 10.1. The minimum atomic E-state index is -0.364. The predicted molar refractivity (Wildman–Crippen MR) is 109 cm³/mol. The number of rotatable bonds is 6. The molecule has 0 saturated carbocycles. The van der Waals surface area contributed by atoms with Crippen LogP contribution in [0.4, 0.5) is 0 Å². The maximum Gasteiger partial charge on any atom is 0.267 e. The first-order valence-corrected chi connectivity index (χ1v) is 9.15. The Morgan fingerprint density at radius 2 is 1.86 bits per heavy atom. The molecule has 28 heavy (non-hydrogen) atoms. The van der Waals surface area contributed by atoms with Gasteiger partial charge in [-0.15, -0.1) is 0 Å². The first-order valence-electron chi connectivity index (χ1n) is 8.39. The zero-order valence-electron chi connectivity index (χ0n) is 15.0. The van der Waals surface area contributed by atoms with Crippen LogP contribution >= 0.6 is 23.2 Å². The van der Waals surface area contributed by atoms with E-state index in [0.717, 1.165) is 21.6 Å². The smallest absolute Gasteiger partial charge is 0.267 e. The number of nitrogens with zero attached hydrogens (tertiary/aromatic N) is 2. The van der Waals surface area contributed by atoms with Gasteiger partial charge in [-0.25, -0.2) is 4.68 Å². The molecule has 0 bridgehead atoms. The summed E-state index contributed by atoms with van der Waals surface area (Å²) in [6.45, 7) is 0.0236. The Labute approximate surface area is 171 Å². The molecule has 3 rings (SSSR count). The normalized spacial score (nSPS) is 10.5. The molecular formula is C20H17Cl2N3O3. The molecule has 1 aromatic heterocycles. The van der Waals surface area contributed by atoms with Crippen molar-refractivity contribution in [2.24, 2.45) is 0 Å². The summed E-state index contributed by atoms with van der Waals surface area (Å²) >= 11 is 12.0. The van der Waals surface area contributed by atoms with Crippen LogP contribution in [0.5, 0.6) is 5.75 Å². The summed E-state index contributed by atoms with van der Waals surface area (Å²) in [4.78, 5) is 24.3. The van der Waals surface area contributed by atoms with Crippen LogP contribution in [0.1, 0.15) is 5.56 Å². The minimum absolute atomic E-state index is 0.200. The van der Waals surface area contributed by atoms with Crippen molar-refractivity contribution in [3.05, 3.63) is 80.6 Å². The number of amides is 1. The van der Waals surface area contributed by atoms with Gasteiger partial charge in [0, 0.05) is 28.2 Å². The molecular weight excluding hydrogens is 401 g/mol. The van der Waals surface area contributed by atoms with Gasteiger partial charge in [0.05, 0.1) is 12.8 Å². The van der Waals surface area contributed by atoms with Gasteiger partial charge in [-0.3, -0.25) is 9.59 Å². The minimum Gasteiger partial charge on any atom is -0.497 e. The Bertz CT molecular complexity index is 1050. The predicted octanol–water partition coefficient (Wildman–Crippen LogP) is 3.54. The molecule has 0 aliphatic heterocycles. The number of carbonyl (C=O) groups is 1. The molecule has 6 nitrogen and oxygen atoms in total. The van der Waals surface area contributed by atoms with Crippen molar-refractivity contribution in [1.82, 2.24) is 15.1 Å². The summed E-state index contributed by atoms with van der Waals surface area (Å²) in [5.41, 5.74) is 1.75. The fourth-order valence-electron chi connectivity index (χ4n) is 2.53. The van der Waals surface area contributed by atoms with E-state index in [1.54, 1.807) is 43.5 Å². The van der Waals surface area contributed by atoms with Gasteiger partial charge in [0.25, 0.3) is 5.56 Å². The highest BCUT2D eigenvalue weighted by molar-refractivity contribution is 6.35. The van der Waals surface area contributed by atoms with Gasteiger partial charge in [0.2, 0.25) is 5.91 Å². The number of ether oxygens (including phenoxy) is 1. The molecule has 0 spiro atoms. The molecule has 0 atom stereocenters. The first-order chi connectivity index (χ1) is 13.5. The second-order valence-corrected chi connectivity index (χ2v) is 6.80. The summed E-state index contributed by atoms with van der Waals surface area (Å²) in [6, 6.07) is 15.3. The number of hydrogen-bond acceptors (Lipinski definition) is 4. The van der Waals surface area contributed by atoms with Gasteiger partial charge in [-0.2, -0.15) is 5.10 Å². The van der Waals surface area contributed by atoms with Crippen molar-refractivity contribution in [1.29, 1.82) is 0 Å². The molecule has 2 aromatic carbocycles. The van der Waals surface area contributed by atoms with Gasteiger partial charge in [-0.05, 0) is 48.0 Å². The lowest BCUT2D eigenvalue weighted by Gasteiger charge is -2.10. The molecule has 0 unspecified atom stereocenters. The first kappa shape index (κ1) is 19.9. The summed E-state index contributed by atoms with van der Waals surface area (Å²) in [5, 5.41) is 7.99. The standard InChI is InChI=1S/C20H17Cl2N3O3/c1-28-16-6-3-13(4-7-16)18-8-9-20(27)25(24-18)12-19(26)23-11-14-2-5-15(21)10-17(14)22/h2-10H,11-12H2,1H3,(H,23,26). The molecule has 0 radical (unpaired) electrons. The van der Waals surface area contributed by atoms with Crippen molar-refractivity contribution >= 4 is 29.1 Å². The van der Waals surface area contributed by atoms with Crippen LogP contribution in [0.25, 0.3) is 11.3 Å². The molecule has 1 N–H and O–H groups in total. The van der Waals surface area contributed by atoms with E-state index in [0.29, 0.717) is 15.7 Å². The molecule has 0 fully saturated rings. The van der Waals surface area contributed by atoms with Gasteiger partial charge in [-0.1, -0.05) is 29.3 Å². The van der Waals surface area contributed by atoms with Crippen molar-refractivity contribution in [2.75, 3.05) is 7.11 Å². The van der Waals surface area contributed by atoms with Crippen LogP contribution in [0.2, 0.25) is 10.0 Å². The quantitative estimate of drug-likeness (QED) is 0.665. The van der Waals surface area contributed by atoms with Crippen molar-refractivity contribution < 1.29 is 9.53 Å². The summed E-state index contributed by atoms with van der Waals surface area (Å²) in [6.07, 6.45) is 0. The highest BCUT2D eigenvalue weighted by Crippen LogP contribution is 2.21. The molecule has 0 aliphatic carbocycles. The third-order valence-electron chi connectivity index (χ3n) is 4.04. The van der Waals surface area contributed by atoms with Crippen molar-refractivity contribution in [3.8, 4) is 17.0 Å². The van der Waals surface area contributed by atoms with Crippen LogP contribution in [0.3, 0.4) is 0 Å². The summed E-state index contributed by atoms with van der Waals surface area (Å²) in [5.74, 6) is 0.366. The third kappa shape index (κ3) is 4.91. The molecule has 1 amide bonds. The number of methoxy groups -OCH3 is 1. The SMILES string of the molecule is COc1ccc(-c2ccc(=O)n(CC(=O)NCc3ccc(Cl)cc3Cl)n2)cc1. The number of hydrogen-bond donors (Lipinski definition) is 1. The van der Waals surface area contributed by atoms with E-state index in [1.165, 1.54) is 6.07 Å². The number of nitrogens with one attached hydrogen (secondary N) is 1. The molecule has 0 aliphatic rings. The largest absolute Gasteiger partial charge is 0.497 e. The lowest BCUT2D eigenvalue weighted by molar-refractivity contribution is -0.122. The molecule has 8 heteroatoms. The Balaban J connectivity index is 1.70. The zero-order chi connectivity index (χ0) is 20.1. The van der Waals surface area contributed by atoms with Gasteiger partial charge in [0.1, 0.15) is 12.3 Å². The molecule has 144 valence electrons. The van der Waals surface area contributed by atoms with E-state index in [4.69, 9.17) is 27.9 Å². The van der Waals surface area contributed by atoms with Crippen LogP contribution in [-0.4, -0.2) is 22.8 Å². The molecule has 0 saturated heterocycles. The van der Waals surface area contributed by atoms with E-state index in [9.17, 15) is 9.59 Å². The van der Waals surface area contributed by atoms with E-state index < -0.39 is 0 Å². The highest BCUT2D eigenvalue weighted by Gasteiger charge is 2.09. The Hall–Kier alpha value is -2.83. The van der Waals surface area contributed by atoms with Crippen LogP contribution in [-0.2, 0) is 17.9 Å². The Morgan fingerprint density at radius 1 is 1.11 bits per heavy atom. The second-order valence-electron chi connectivity index (χ2n) is 5.96. The van der Waals surface area contributed by atoms with Gasteiger partial charge in [0.15, 0.2) is 0 Å². The molecule has 1 heterocycles. The average molecular weight is 418 g/mol. The fraction of sp³-hybridized carbons (Fsp3) is 0.150. The van der Waals surface area contributed by atoms with E-state index in [-0.39, 0.29) is 24.6 Å². The highest BCUT2D eigenvalue weighted by atomic mass is 35.5. The van der Waals surface area contributed by atoms with Crippen LogP contribution in [0, 0.1) is 0 Å². The van der Waals surface area contributed by atoms with Crippen molar-refractivity contribution in [3.63, 3.8) is 0 Å². The summed E-state index contributed by atoms with van der Waals surface area (Å²) < 4.78 is 6.26. The monoisotopic (exact) mass is 417 g/mol. The van der Waals surface area contributed by atoms with Crippen LogP contribution < -0.4 is 15.6 Å².